The van der Waals surface area contributed by atoms with Gasteiger partial charge in [0.1, 0.15) is 16.7 Å². The predicted octanol–water partition coefficient (Wildman–Crippen LogP) is 4.13. The van der Waals surface area contributed by atoms with Crippen molar-refractivity contribution in [3.8, 4) is 0 Å². The van der Waals surface area contributed by atoms with Crippen LogP contribution in [0, 0.1) is 5.82 Å². The van der Waals surface area contributed by atoms with Crippen LogP contribution in [-0.4, -0.2) is 71.0 Å². The lowest BCUT2D eigenvalue weighted by atomic mass is 10.1. The number of para-hydroxylation sites is 2. The number of fused-ring (bicyclic) bond motifs is 4. The van der Waals surface area contributed by atoms with Crippen molar-refractivity contribution in [2.45, 2.75) is 0 Å². The van der Waals surface area contributed by atoms with E-state index in [1.807, 2.05) is 30.3 Å². The standard InChI is InChI=1S/C20H19FN4S.C4H4O4/c1-24-8-10-25(11-9-24)19-18-14-7-6-13(21)12-17(14)26-20(18)23-16-5-3-2-4-15(16)22-19;5-3(6)1-2-4(7)8/h2-7,12,23H,8-11H2,1H3;1-2H,(H,5,6)(H,7,8)/b;2-1-. The minimum absolute atomic E-state index is 0.201. The van der Waals surface area contributed by atoms with Crippen LogP contribution < -0.4 is 5.32 Å². The van der Waals surface area contributed by atoms with Gasteiger partial charge in [0.2, 0.25) is 0 Å². The molecule has 1 saturated heterocycles. The maximum atomic E-state index is 13.8. The molecule has 0 saturated carbocycles. The minimum atomic E-state index is -1.26. The molecule has 0 unspecified atom stereocenters. The number of halogens is 1. The number of aliphatic carboxylic acids is 2. The molecule has 0 radical (unpaired) electrons. The molecule has 3 aromatic rings. The van der Waals surface area contributed by atoms with Crippen molar-refractivity contribution in [3.63, 3.8) is 0 Å². The van der Waals surface area contributed by atoms with Gasteiger partial charge >= 0.3 is 11.9 Å². The molecule has 3 N–H and O–H groups in total. The van der Waals surface area contributed by atoms with Crippen molar-refractivity contribution in [2.75, 3.05) is 38.5 Å². The van der Waals surface area contributed by atoms with Gasteiger partial charge < -0.3 is 25.3 Å². The summed E-state index contributed by atoms with van der Waals surface area (Å²) in [6.45, 7) is 3.91. The van der Waals surface area contributed by atoms with E-state index in [1.54, 1.807) is 17.4 Å². The number of nitrogens with one attached hydrogen (secondary N) is 1. The second-order valence-corrected chi connectivity index (χ2v) is 8.88. The summed E-state index contributed by atoms with van der Waals surface area (Å²) in [5, 5.41) is 21.3. The van der Waals surface area contributed by atoms with Crippen molar-refractivity contribution in [1.82, 2.24) is 9.80 Å². The maximum absolute atomic E-state index is 13.8. The van der Waals surface area contributed by atoms with Crippen LogP contribution >= 0.6 is 11.3 Å². The van der Waals surface area contributed by atoms with E-state index in [0.29, 0.717) is 12.2 Å². The highest BCUT2D eigenvalue weighted by Crippen LogP contribution is 2.43. The quantitative estimate of drug-likeness (QED) is 0.472. The predicted molar refractivity (Wildman–Crippen MR) is 131 cm³/mol. The first kappa shape index (κ1) is 23.4. The van der Waals surface area contributed by atoms with Gasteiger partial charge in [-0.25, -0.2) is 19.0 Å². The molecule has 10 heteroatoms. The summed E-state index contributed by atoms with van der Waals surface area (Å²) in [7, 11) is 2.15. The van der Waals surface area contributed by atoms with E-state index < -0.39 is 11.9 Å². The number of aliphatic imine (C=N–C) groups is 1. The van der Waals surface area contributed by atoms with Gasteiger partial charge in [-0.1, -0.05) is 12.1 Å². The number of benzene rings is 2. The van der Waals surface area contributed by atoms with Gasteiger partial charge in [-0.2, -0.15) is 0 Å². The van der Waals surface area contributed by atoms with Gasteiger partial charge in [0, 0.05) is 48.4 Å². The summed E-state index contributed by atoms with van der Waals surface area (Å²) >= 11 is 1.59. The summed E-state index contributed by atoms with van der Waals surface area (Å²) in [5.74, 6) is -1.73. The second-order valence-electron chi connectivity index (χ2n) is 7.82. The molecule has 1 fully saturated rings. The minimum Gasteiger partial charge on any atom is -0.478 e. The topological polar surface area (TPSA) is 105 Å². The zero-order valence-corrected chi connectivity index (χ0v) is 19.2. The van der Waals surface area contributed by atoms with Crippen molar-refractivity contribution in [1.29, 1.82) is 0 Å². The summed E-state index contributed by atoms with van der Waals surface area (Å²) < 4.78 is 14.7. The summed E-state index contributed by atoms with van der Waals surface area (Å²) in [6.07, 6.45) is 1.12. The third-order valence-corrected chi connectivity index (χ3v) is 6.49. The maximum Gasteiger partial charge on any atom is 0.328 e. The normalized spacial score (nSPS) is 15.5. The Balaban J connectivity index is 0.000000297. The first-order valence-electron chi connectivity index (χ1n) is 10.6. The molecule has 2 aliphatic rings. The Morgan fingerprint density at radius 2 is 1.74 bits per heavy atom. The molecule has 3 heterocycles. The average Bonchev–Trinajstić information content (AvgIpc) is 3.06. The molecule has 176 valence electrons. The number of hydrogen-bond donors (Lipinski definition) is 3. The third-order valence-electron chi connectivity index (χ3n) is 5.43. The van der Waals surface area contributed by atoms with E-state index >= 15 is 0 Å². The Morgan fingerprint density at radius 3 is 2.41 bits per heavy atom. The van der Waals surface area contributed by atoms with Crippen LogP contribution in [0.25, 0.3) is 10.1 Å². The number of amidine groups is 1. The third kappa shape index (κ3) is 5.24. The lowest BCUT2D eigenvalue weighted by Gasteiger charge is -2.34. The number of rotatable bonds is 2. The number of carbonyl (C=O) groups is 2. The molecule has 5 rings (SSSR count). The first-order chi connectivity index (χ1) is 16.3. The van der Waals surface area contributed by atoms with Crippen LogP contribution in [-0.2, 0) is 9.59 Å². The number of piperazine rings is 1. The van der Waals surface area contributed by atoms with Crippen molar-refractivity contribution in [3.05, 3.63) is 66.0 Å². The van der Waals surface area contributed by atoms with E-state index in [9.17, 15) is 14.0 Å². The van der Waals surface area contributed by atoms with Gasteiger partial charge in [0.05, 0.1) is 16.9 Å². The molecule has 0 bridgehead atoms. The average molecular weight is 483 g/mol. The number of likely N-dealkylation sites (N-methyl/N-ethyl adjacent to an activating group) is 1. The van der Waals surface area contributed by atoms with Gasteiger partial charge in [0.15, 0.2) is 0 Å². The molecule has 0 aliphatic carbocycles. The molecule has 2 aliphatic heterocycles. The van der Waals surface area contributed by atoms with Gasteiger partial charge in [-0.3, -0.25) is 0 Å². The number of thiophene rings is 1. The Hall–Kier alpha value is -3.76. The highest BCUT2D eigenvalue weighted by Gasteiger charge is 2.27. The fourth-order valence-corrected chi connectivity index (χ4v) is 4.88. The zero-order valence-electron chi connectivity index (χ0n) is 18.4. The monoisotopic (exact) mass is 482 g/mol. The summed E-state index contributed by atoms with van der Waals surface area (Å²) in [4.78, 5) is 28.9. The van der Waals surface area contributed by atoms with Crippen LogP contribution in [0.4, 0.5) is 20.8 Å². The smallest absolute Gasteiger partial charge is 0.328 e. The van der Waals surface area contributed by atoms with Gasteiger partial charge in [-0.15, -0.1) is 11.3 Å². The highest BCUT2D eigenvalue weighted by molar-refractivity contribution is 7.23. The molecule has 1 aromatic heterocycles. The van der Waals surface area contributed by atoms with Crippen molar-refractivity contribution < 1.29 is 24.2 Å². The molecule has 0 amide bonds. The number of anilines is 2. The molecule has 8 nitrogen and oxygen atoms in total. The Kier molecular flexibility index (Phi) is 6.90. The largest absolute Gasteiger partial charge is 0.478 e. The number of hydrogen-bond acceptors (Lipinski definition) is 7. The van der Waals surface area contributed by atoms with Crippen LogP contribution in [0.5, 0.6) is 0 Å². The molecule has 0 atom stereocenters. The Labute approximate surface area is 199 Å². The van der Waals surface area contributed by atoms with Gasteiger partial charge in [0.25, 0.3) is 0 Å². The second kappa shape index (κ2) is 10.0. The van der Waals surface area contributed by atoms with E-state index in [-0.39, 0.29) is 5.82 Å². The lowest BCUT2D eigenvalue weighted by molar-refractivity contribution is -0.134. The lowest BCUT2D eigenvalue weighted by Crippen LogP contribution is -2.47. The van der Waals surface area contributed by atoms with E-state index in [0.717, 1.165) is 64.0 Å². The molecular weight excluding hydrogens is 459 g/mol. The molecule has 34 heavy (non-hydrogen) atoms. The Bertz CT molecular complexity index is 1280. The van der Waals surface area contributed by atoms with E-state index in [1.165, 1.54) is 6.07 Å². The summed E-state index contributed by atoms with van der Waals surface area (Å²) in [6, 6.07) is 13.1. The number of carboxylic acids is 2. The van der Waals surface area contributed by atoms with Crippen LogP contribution in [0.2, 0.25) is 0 Å². The molecule has 0 spiro atoms. The summed E-state index contributed by atoms with van der Waals surface area (Å²) in [5.41, 5.74) is 3.02. The van der Waals surface area contributed by atoms with E-state index in [2.05, 4.69) is 22.2 Å². The SMILES string of the molecule is CN1CCN(C2=Nc3ccccc3Nc3sc4cc(F)ccc4c32)CC1.O=C(O)/C=C\C(=O)O. The fourth-order valence-electron chi connectivity index (χ4n) is 3.74. The van der Waals surface area contributed by atoms with Crippen molar-refractivity contribution in [2.24, 2.45) is 4.99 Å². The number of nitrogens with zero attached hydrogens (tertiary/aromatic N) is 3. The van der Waals surface area contributed by atoms with E-state index in [4.69, 9.17) is 15.2 Å². The number of carboxylic acid groups (broad SMARTS) is 2. The molecule has 2 aromatic carbocycles. The van der Waals surface area contributed by atoms with Gasteiger partial charge in [-0.05, 0) is 37.4 Å². The first-order valence-corrected chi connectivity index (χ1v) is 11.4. The van der Waals surface area contributed by atoms with Crippen LogP contribution in [0.3, 0.4) is 0 Å². The van der Waals surface area contributed by atoms with Crippen molar-refractivity contribution >= 4 is 55.6 Å². The Morgan fingerprint density at radius 1 is 1.06 bits per heavy atom. The zero-order chi connectivity index (χ0) is 24.2. The fraction of sp³-hybridized carbons (Fsp3) is 0.208. The molecular formula is C24H23FN4O4S. The van der Waals surface area contributed by atoms with Crippen LogP contribution in [0.15, 0.2) is 59.6 Å². The highest BCUT2D eigenvalue weighted by atomic mass is 32.1. The van der Waals surface area contributed by atoms with Crippen LogP contribution in [0.1, 0.15) is 5.56 Å².